The summed E-state index contributed by atoms with van der Waals surface area (Å²) in [6.45, 7) is 4.58. The Labute approximate surface area is 113 Å². The molecule has 4 heteroatoms. The lowest BCUT2D eigenvalue weighted by Gasteiger charge is -2.32. The van der Waals surface area contributed by atoms with Crippen LogP contribution in [0, 0.1) is 6.92 Å². The zero-order valence-corrected chi connectivity index (χ0v) is 11.4. The van der Waals surface area contributed by atoms with Crippen molar-refractivity contribution in [2.45, 2.75) is 19.1 Å². The monoisotopic (exact) mass is 260 g/mol. The van der Waals surface area contributed by atoms with Gasteiger partial charge < -0.3 is 19.8 Å². The molecule has 4 nitrogen and oxygen atoms in total. The number of hydrogen-bond acceptors (Lipinski definition) is 4. The zero-order valence-electron chi connectivity index (χ0n) is 11.4. The van der Waals surface area contributed by atoms with Crippen LogP contribution in [0.1, 0.15) is 17.4 Å². The molecule has 2 heterocycles. The summed E-state index contributed by atoms with van der Waals surface area (Å²) >= 11 is 0. The molecule has 2 aromatic rings. The van der Waals surface area contributed by atoms with Crippen LogP contribution in [0.4, 0.5) is 0 Å². The predicted molar refractivity (Wildman–Crippen MR) is 75.1 cm³/mol. The van der Waals surface area contributed by atoms with E-state index in [1.165, 1.54) is 0 Å². The van der Waals surface area contributed by atoms with Crippen LogP contribution in [0.2, 0.25) is 0 Å². The SMILES string of the molecule is Cc1cccc2cc(C(N)C3CN(C)CCO3)oc12. The largest absolute Gasteiger partial charge is 0.459 e. The summed E-state index contributed by atoms with van der Waals surface area (Å²) < 4.78 is 11.7. The predicted octanol–water partition coefficient (Wildman–Crippen LogP) is 2.07. The standard InChI is InChI=1S/C15H20N2O2/c1-10-4-3-5-11-8-12(19-15(10)11)14(16)13-9-17(2)6-7-18-13/h3-5,8,13-14H,6-7,9,16H2,1-2H3. The van der Waals surface area contributed by atoms with Crippen LogP contribution in [0.5, 0.6) is 0 Å². The lowest BCUT2D eigenvalue weighted by Crippen LogP contribution is -2.45. The van der Waals surface area contributed by atoms with Gasteiger partial charge in [-0.15, -0.1) is 0 Å². The average molecular weight is 260 g/mol. The molecule has 3 rings (SSSR count). The molecule has 0 aliphatic carbocycles. The van der Waals surface area contributed by atoms with Crippen LogP contribution in [-0.2, 0) is 4.74 Å². The van der Waals surface area contributed by atoms with E-state index in [0.29, 0.717) is 0 Å². The highest BCUT2D eigenvalue weighted by atomic mass is 16.5. The van der Waals surface area contributed by atoms with E-state index in [9.17, 15) is 0 Å². The minimum Gasteiger partial charge on any atom is -0.459 e. The lowest BCUT2D eigenvalue weighted by atomic mass is 10.1. The summed E-state index contributed by atoms with van der Waals surface area (Å²) in [6, 6.07) is 7.95. The highest BCUT2D eigenvalue weighted by molar-refractivity contribution is 5.81. The van der Waals surface area contributed by atoms with Gasteiger partial charge in [-0.1, -0.05) is 18.2 Å². The summed E-state index contributed by atoms with van der Waals surface area (Å²) in [7, 11) is 2.09. The first-order valence-electron chi connectivity index (χ1n) is 6.70. The van der Waals surface area contributed by atoms with Crippen LogP contribution >= 0.6 is 0 Å². The Balaban J connectivity index is 1.88. The van der Waals surface area contributed by atoms with Crippen molar-refractivity contribution in [3.63, 3.8) is 0 Å². The second-order valence-electron chi connectivity index (χ2n) is 5.34. The quantitative estimate of drug-likeness (QED) is 0.898. The molecule has 0 saturated carbocycles. The van der Waals surface area contributed by atoms with Gasteiger partial charge in [-0.25, -0.2) is 0 Å². The van der Waals surface area contributed by atoms with Crippen LogP contribution in [0.25, 0.3) is 11.0 Å². The fourth-order valence-electron chi connectivity index (χ4n) is 2.60. The van der Waals surface area contributed by atoms with Crippen molar-refractivity contribution in [2.24, 2.45) is 5.73 Å². The number of benzene rings is 1. The minimum atomic E-state index is -0.213. The minimum absolute atomic E-state index is 0.000353. The number of nitrogens with two attached hydrogens (primary N) is 1. The van der Waals surface area contributed by atoms with Gasteiger partial charge in [0.15, 0.2) is 0 Å². The van der Waals surface area contributed by atoms with Crippen LogP contribution in [0.3, 0.4) is 0 Å². The molecule has 0 amide bonds. The number of likely N-dealkylation sites (N-methyl/N-ethyl adjacent to an activating group) is 1. The molecule has 1 fully saturated rings. The highest BCUT2D eigenvalue weighted by Gasteiger charge is 2.27. The Morgan fingerprint density at radius 1 is 1.42 bits per heavy atom. The Hall–Kier alpha value is -1.36. The summed E-state index contributed by atoms with van der Waals surface area (Å²) in [6.07, 6.45) is -0.000353. The highest BCUT2D eigenvalue weighted by Crippen LogP contribution is 2.28. The fourth-order valence-corrected chi connectivity index (χ4v) is 2.60. The van der Waals surface area contributed by atoms with Crippen molar-refractivity contribution in [3.05, 3.63) is 35.6 Å². The van der Waals surface area contributed by atoms with Gasteiger partial charge in [0.25, 0.3) is 0 Å². The van der Waals surface area contributed by atoms with Gasteiger partial charge in [0.2, 0.25) is 0 Å². The first-order valence-corrected chi connectivity index (χ1v) is 6.70. The molecule has 1 aliphatic heterocycles. The average Bonchev–Trinajstić information content (AvgIpc) is 2.83. The van der Waals surface area contributed by atoms with Gasteiger partial charge in [-0.2, -0.15) is 0 Å². The van der Waals surface area contributed by atoms with E-state index in [1.54, 1.807) is 0 Å². The summed E-state index contributed by atoms with van der Waals surface area (Å²) in [5.74, 6) is 0.810. The van der Waals surface area contributed by atoms with E-state index in [2.05, 4.69) is 18.0 Å². The van der Waals surface area contributed by atoms with E-state index in [4.69, 9.17) is 14.9 Å². The lowest BCUT2D eigenvalue weighted by molar-refractivity contribution is -0.0354. The first-order chi connectivity index (χ1) is 9.15. The number of ether oxygens (including phenoxy) is 1. The molecule has 0 radical (unpaired) electrons. The van der Waals surface area contributed by atoms with E-state index in [-0.39, 0.29) is 12.1 Å². The van der Waals surface area contributed by atoms with Crippen LogP contribution in [-0.4, -0.2) is 37.7 Å². The number of furan rings is 1. The van der Waals surface area contributed by atoms with Crippen molar-refractivity contribution in [1.29, 1.82) is 0 Å². The summed E-state index contributed by atoms with van der Waals surface area (Å²) in [5.41, 5.74) is 8.37. The molecule has 19 heavy (non-hydrogen) atoms. The van der Waals surface area contributed by atoms with E-state index < -0.39 is 0 Å². The molecular weight excluding hydrogens is 240 g/mol. The van der Waals surface area contributed by atoms with Crippen molar-refractivity contribution in [3.8, 4) is 0 Å². The smallest absolute Gasteiger partial charge is 0.137 e. The maximum Gasteiger partial charge on any atom is 0.137 e. The first kappa shape index (κ1) is 12.7. The van der Waals surface area contributed by atoms with E-state index in [0.717, 1.165) is 42.0 Å². The Morgan fingerprint density at radius 2 is 2.26 bits per heavy atom. The number of hydrogen-bond donors (Lipinski definition) is 1. The molecule has 2 atom stereocenters. The van der Waals surface area contributed by atoms with Gasteiger partial charge in [-0.05, 0) is 25.6 Å². The number of fused-ring (bicyclic) bond motifs is 1. The van der Waals surface area contributed by atoms with Gasteiger partial charge in [0, 0.05) is 18.5 Å². The molecule has 0 spiro atoms. The molecule has 1 aromatic heterocycles. The topological polar surface area (TPSA) is 51.6 Å². The van der Waals surface area contributed by atoms with E-state index in [1.807, 2.05) is 25.1 Å². The van der Waals surface area contributed by atoms with Gasteiger partial charge in [-0.3, -0.25) is 0 Å². The fraction of sp³-hybridized carbons (Fsp3) is 0.467. The Kier molecular flexibility index (Phi) is 3.31. The van der Waals surface area contributed by atoms with Gasteiger partial charge >= 0.3 is 0 Å². The summed E-state index contributed by atoms with van der Waals surface area (Å²) in [5, 5.41) is 1.11. The third-order valence-electron chi connectivity index (χ3n) is 3.79. The third kappa shape index (κ3) is 2.39. The van der Waals surface area contributed by atoms with Crippen molar-refractivity contribution < 1.29 is 9.15 Å². The normalized spacial score (nSPS) is 22.8. The summed E-state index contributed by atoms with van der Waals surface area (Å²) in [4.78, 5) is 2.24. The van der Waals surface area contributed by atoms with Gasteiger partial charge in [0.1, 0.15) is 11.3 Å². The molecule has 102 valence electrons. The molecular formula is C15H20N2O2. The third-order valence-corrected chi connectivity index (χ3v) is 3.79. The zero-order chi connectivity index (χ0) is 13.4. The maximum absolute atomic E-state index is 6.30. The Bertz CT molecular complexity index is 579. The number of aryl methyl sites for hydroxylation is 1. The van der Waals surface area contributed by atoms with Crippen LogP contribution < -0.4 is 5.73 Å². The van der Waals surface area contributed by atoms with Crippen molar-refractivity contribution >= 4 is 11.0 Å². The van der Waals surface area contributed by atoms with Gasteiger partial charge in [0.05, 0.1) is 18.8 Å². The number of nitrogens with zero attached hydrogens (tertiary/aromatic N) is 1. The molecule has 1 aliphatic rings. The van der Waals surface area contributed by atoms with Crippen molar-refractivity contribution in [2.75, 3.05) is 26.7 Å². The van der Waals surface area contributed by atoms with Crippen molar-refractivity contribution in [1.82, 2.24) is 4.90 Å². The number of para-hydroxylation sites is 1. The molecule has 1 saturated heterocycles. The van der Waals surface area contributed by atoms with Crippen LogP contribution in [0.15, 0.2) is 28.7 Å². The van der Waals surface area contributed by atoms with E-state index >= 15 is 0 Å². The molecule has 0 bridgehead atoms. The number of rotatable bonds is 2. The second-order valence-corrected chi connectivity index (χ2v) is 5.34. The molecule has 2 N–H and O–H groups in total. The maximum atomic E-state index is 6.30. The number of morpholine rings is 1. The molecule has 1 aromatic carbocycles. The molecule has 2 unspecified atom stereocenters. The Morgan fingerprint density at radius 3 is 3.00 bits per heavy atom. The second kappa shape index (κ2) is 4.96.